The van der Waals surface area contributed by atoms with E-state index < -0.39 is 11.6 Å². The first-order valence-electron chi connectivity index (χ1n) is 6.79. The molecule has 0 atom stereocenters. The molecule has 0 N–H and O–H groups in total. The lowest BCUT2D eigenvalue weighted by molar-refractivity contribution is 0.510. The first-order valence-corrected chi connectivity index (χ1v) is 6.79. The van der Waals surface area contributed by atoms with Crippen LogP contribution in [0.25, 0.3) is 22.4 Å². The summed E-state index contributed by atoms with van der Waals surface area (Å²) in [6.45, 7) is 1.87. The molecule has 4 nitrogen and oxygen atoms in total. The van der Waals surface area contributed by atoms with Crippen molar-refractivity contribution in [2.24, 2.45) is 0 Å². The molecule has 1 aliphatic carbocycles. The Kier molecular flexibility index (Phi) is 2.54. The fourth-order valence-electron chi connectivity index (χ4n) is 2.59. The molecule has 21 heavy (non-hydrogen) atoms. The summed E-state index contributed by atoms with van der Waals surface area (Å²) in [6, 6.07) is 2.65. The third-order valence-corrected chi connectivity index (χ3v) is 3.80. The summed E-state index contributed by atoms with van der Waals surface area (Å²) in [5.41, 5.74) is 2.67. The third-order valence-electron chi connectivity index (χ3n) is 3.80. The maximum Gasteiger partial charge on any atom is 0.161 e. The number of aryl methyl sites for hydroxylation is 1. The second-order valence-corrected chi connectivity index (χ2v) is 5.31. The fourth-order valence-corrected chi connectivity index (χ4v) is 2.59. The highest BCUT2D eigenvalue weighted by Crippen LogP contribution is 2.41. The smallest absolute Gasteiger partial charge is 0.161 e. The summed E-state index contributed by atoms with van der Waals surface area (Å²) in [4.78, 5) is 12.7. The minimum atomic E-state index is -0.879. The van der Waals surface area contributed by atoms with Crippen LogP contribution in [0.1, 0.15) is 24.6 Å². The van der Waals surface area contributed by atoms with Crippen LogP contribution in [0, 0.1) is 18.6 Å². The lowest BCUT2D eigenvalue weighted by Gasteiger charge is -2.08. The average Bonchev–Trinajstić information content (AvgIpc) is 3.23. The van der Waals surface area contributed by atoms with E-state index in [0.29, 0.717) is 16.9 Å². The topological polar surface area (TPSA) is 43.6 Å². The summed E-state index contributed by atoms with van der Waals surface area (Å²) in [7, 11) is 0. The molecule has 4 rings (SSSR count). The van der Waals surface area contributed by atoms with Gasteiger partial charge in [-0.15, -0.1) is 0 Å². The standard InChI is InChI=1S/C15H12F2N4/c1-8-10(6-18-7-19-8)15-20-13-4-11(16)12(17)5-14(13)21(15)9-2-3-9/h4-7,9H,2-3H2,1H3. The molecule has 1 saturated carbocycles. The van der Waals surface area contributed by atoms with E-state index in [4.69, 9.17) is 0 Å². The summed E-state index contributed by atoms with van der Waals surface area (Å²) in [6.07, 6.45) is 5.20. The Bertz CT molecular complexity index is 852. The number of hydrogen-bond acceptors (Lipinski definition) is 3. The molecule has 0 bridgehead atoms. The van der Waals surface area contributed by atoms with Gasteiger partial charge in [-0.25, -0.2) is 23.7 Å². The van der Waals surface area contributed by atoms with E-state index in [-0.39, 0.29) is 6.04 Å². The van der Waals surface area contributed by atoms with Crippen LogP contribution in [0.15, 0.2) is 24.7 Å². The highest BCUT2D eigenvalue weighted by atomic mass is 19.2. The molecule has 1 fully saturated rings. The minimum absolute atomic E-state index is 0.287. The van der Waals surface area contributed by atoms with Gasteiger partial charge in [0, 0.05) is 24.4 Å². The highest BCUT2D eigenvalue weighted by Gasteiger charge is 2.30. The molecule has 0 saturated heterocycles. The zero-order chi connectivity index (χ0) is 14.6. The Balaban J connectivity index is 2.05. The second-order valence-electron chi connectivity index (χ2n) is 5.31. The zero-order valence-corrected chi connectivity index (χ0v) is 11.3. The van der Waals surface area contributed by atoms with Gasteiger partial charge in [0.25, 0.3) is 0 Å². The van der Waals surface area contributed by atoms with Gasteiger partial charge in [-0.3, -0.25) is 0 Å². The van der Waals surface area contributed by atoms with Crippen molar-refractivity contribution in [3.8, 4) is 11.4 Å². The zero-order valence-electron chi connectivity index (χ0n) is 11.3. The lowest BCUT2D eigenvalue weighted by atomic mass is 10.2. The quantitative estimate of drug-likeness (QED) is 0.725. The molecule has 3 aromatic rings. The van der Waals surface area contributed by atoms with Crippen LogP contribution in [0.5, 0.6) is 0 Å². The van der Waals surface area contributed by atoms with Gasteiger partial charge >= 0.3 is 0 Å². The Labute approximate surface area is 119 Å². The van der Waals surface area contributed by atoms with Crippen molar-refractivity contribution in [1.29, 1.82) is 0 Å². The van der Waals surface area contributed by atoms with Crippen LogP contribution in [0.4, 0.5) is 8.78 Å². The van der Waals surface area contributed by atoms with Gasteiger partial charge in [-0.1, -0.05) is 0 Å². The summed E-state index contributed by atoms with van der Waals surface area (Å²) in [5.74, 6) is -1.05. The number of aromatic nitrogens is 4. The monoisotopic (exact) mass is 286 g/mol. The molecule has 1 aromatic carbocycles. The minimum Gasteiger partial charge on any atom is -0.321 e. The molecule has 0 radical (unpaired) electrons. The molecule has 0 spiro atoms. The van der Waals surface area contributed by atoms with E-state index >= 15 is 0 Å². The number of benzene rings is 1. The molecule has 0 unspecified atom stereocenters. The van der Waals surface area contributed by atoms with Gasteiger partial charge in [0.15, 0.2) is 11.6 Å². The third kappa shape index (κ3) is 1.90. The summed E-state index contributed by atoms with van der Waals surface area (Å²) in [5, 5.41) is 0. The normalized spacial score (nSPS) is 14.8. The Morgan fingerprint density at radius 1 is 1.19 bits per heavy atom. The number of fused-ring (bicyclic) bond motifs is 1. The Morgan fingerprint density at radius 3 is 2.67 bits per heavy atom. The second kappa shape index (κ2) is 4.31. The molecule has 6 heteroatoms. The lowest BCUT2D eigenvalue weighted by Crippen LogP contribution is -2.00. The molecule has 2 aromatic heterocycles. The van der Waals surface area contributed by atoms with Gasteiger partial charge in [0.1, 0.15) is 12.2 Å². The first kappa shape index (κ1) is 12.4. The molecule has 0 aliphatic heterocycles. The van der Waals surface area contributed by atoms with E-state index in [9.17, 15) is 8.78 Å². The molecule has 2 heterocycles. The van der Waals surface area contributed by atoms with Crippen LogP contribution in [0.2, 0.25) is 0 Å². The largest absolute Gasteiger partial charge is 0.321 e. The van der Waals surface area contributed by atoms with E-state index in [1.807, 2.05) is 11.5 Å². The van der Waals surface area contributed by atoms with E-state index in [1.165, 1.54) is 12.4 Å². The van der Waals surface area contributed by atoms with Gasteiger partial charge in [-0.05, 0) is 19.8 Å². The van der Waals surface area contributed by atoms with Gasteiger partial charge in [0.2, 0.25) is 0 Å². The van der Waals surface area contributed by atoms with Gasteiger partial charge in [-0.2, -0.15) is 0 Å². The van der Waals surface area contributed by atoms with Crippen LogP contribution in [-0.2, 0) is 0 Å². The van der Waals surface area contributed by atoms with E-state index in [0.717, 1.165) is 30.2 Å². The SMILES string of the molecule is Cc1ncncc1-c1nc2cc(F)c(F)cc2n1C1CC1. The van der Waals surface area contributed by atoms with Gasteiger partial charge in [0.05, 0.1) is 22.3 Å². The molecule has 0 amide bonds. The summed E-state index contributed by atoms with van der Waals surface area (Å²) < 4.78 is 29.0. The first-order chi connectivity index (χ1) is 10.1. The van der Waals surface area contributed by atoms with Crippen LogP contribution < -0.4 is 0 Å². The summed E-state index contributed by atoms with van der Waals surface area (Å²) >= 11 is 0. The Hall–Kier alpha value is -2.37. The molecule has 1 aliphatic rings. The average molecular weight is 286 g/mol. The molecular weight excluding hydrogens is 274 g/mol. The predicted octanol–water partition coefficient (Wildman–Crippen LogP) is 3.41. The van der Waals surface area contributed by atoms with Crippen molar-refractivity contribution >= 4 is 11.0 Å². The van der Waals surface area contributed by atoms with Crippen LogP contribution in [-0.4, -0.2) is 19.5 Å². The van der Waals surface area contributed by atoms with Crippen molar-refractivity contribution in [3.63, 3.8) is 0 Å². The molecular formula is C15H12F2N4. The number of halogens is 2. The van der Waals surface area contributed by atoms with Crippen molar-refractivity contribution in [2.45, 2.75) is 25.8 Å². The highest BCUT2D eigenvalue weighted by molar-refractivity contribution is 5.81. The van der Waals surface area contributed by atoms with Gasteiger partial charge < -0.3 is 4.57 Å². The number of rotatable bonds is 2. The van der Waals surface area contributed by atoms with Crippen molar-refractivity contribution in [3.05, 3.63) is 42.0 Å². The number of imidazole rings is 1. The van der Waals surface area contributed by atoms with E-state index in [1.54, 1.807) is 6.20 Å². The Morgan fingerprint density at radius 2 is 1.95 bits per heavy atom. The van der Waals surface area contributed by atoms with Crippen LogP contribution >= 0.6 is 0 Å². The predicted molar refractivity (Wildman–Crippen MR) is 73.7 cm³/mol. The number of hydrogen-bond donors (Lipinski definition) is 0. The van der Waals surface area contributed by atoms with Crippen molar-refractivity contribution in [2.75, 3.05) is 0 Å². The van der Waals surface area contributed by atoms with Crippen molar-refractivity contribution in [1.82, 2.24) is 19.5 Å². The van der Waals surface area contributed by atoms with E-state index in [2.05, 4.69) is 15.0 Å². The molecule has 106 valence electrons. The maximum atomic E-state index is 13.6. The number of nitrogens with zero attached hydrogens (tertiary/aromatic N) is 4. The fraction of sp³-hybridized carbons (Fsp3) is 0.267. The van der Waals surface area contributed by atoms with Crippen molar-refractivity contribution < 1.29 is 8.78 Å². The maximum absolute atomic E-state index is 13.6. The van der Waals surface area contributed by atoms with Crippen LogP contribution in [0.3, 0.4) is 0 Å².